The second kappa shape index (κ2) is 4.44. The SMILES string of the molecule is Oc1cc(C(F)(F)F)ccc1C1(O)CCNCC1. The molecule has 1 aliphatic rings. The Morgan fingerprint density at radius 1 is 1.17 bits per heavy atom. The van der Waals surface area contributed by atoms with Gasteiger partial charge in [0.1, 0.15) is 5.75 Å². The van der Waals surface area contributed by atoms with Crippen molar-refractivity contribution in [1.29, 1.82) is 0 Å². The molecular weight excluding hydrogens is 247 g/mol. The fourth-order valence-electron chi connectivity index (χ4n) is 2.21. The van der Waals surface area contributed by atoms with Crippen LogP contribution in [0.4, 0.5) is 13.2 Å². The number of rotatable bonds is 1. The summed E-state index contributed by atoms with van der Waals surface area (Å²) in [4.78, 5) is 0. The Morgan fingerprint density at radius 3 is 2.28 bits per heavy atom. The molecule has 1 aliphatic heterocycles. The van der Waals surface area contributed by atoms with E-state index in [2.05, 4.69) is 5.32 Å². The number of hydrogen-bond donors (Lipinski definition) is 3. The Kier molecular flexibility index (Phi) is 3.25. The number of aliphatic hydroxyl groups is 1. The zero-order valence-electron chi connectivity index (χ0n) is 9.59. The molecule has 0 atom stereocenters. The average molecular weight is 261 g/mol. The van der Waals surface area contributed by atoms with Crippen LogP contribution in [0, 0.1) is 0 Å². The molecule has 1 heterocycles. The predicted octanol–water partition coefficient (Wildman–Crippen LogP) is 1.98. The number of alkyl halides is 3. The maximum atomic E-state index is 12.5. The number of nitrogens with one attached hydrogen (secondary N) is 1. The Morgan fingerprint density at radius 2 is 1.78 bits per heavy atom. The molecule has 0 radical (unpaired) electrons. The van der Waals surface area contributed by atoms with Crippen LogP contribution in [0.1, 0.15) is 24.0 Å². The lowest BCUT2D eigenvalue weighted by molar-refractivity contribution is -0.137. The molecule has 0 saturated carbocycles. The Hall–Kier alpha value is -1.27. The van der Waals surface area contributed by atoms with Crippen molar-refractivity contribution in [2.24, 2.45) is 0 Å². The second-order valence-electron chi connectivity index (χ2n) is 4.51. The minimum Gasteiger partial charge on any atom is -0.508 e. The van der Waals surface area contributed by atoms with Gasteiger partial charge in [-0.1, -0.05) is 6.07 Å². The van der Waals surface area contributed by atoms with E-state index in [1.54, 1.807) is 0 Å². The van der Waals surface area contributed by atoms with Gasteiger partial charge < -0.3 is 15.5 Å². The lowest BCUT2D eigenvalue weighted by Gasteiger charge is -2.33. The number of phenolic OH excluding ortho intramolecular Hbond substituents is 1. The molecule has 0 amide bonds. The van der Waals surface area contributed by atoms with Crippen LogP contribution < -0.4 is 5.32 Å². The van der Waals surface area contributed by atoms with Crippen molar-refractivity contribution in [2.75, 3.05) is 13.1 Å². The molecule has 6 heteroatoms. The van der Waals surface area contributed by atoms with Gasteiger partial charge in [-0.25, -0.2) is 0 Å². The lowest BCUT2D eigenvalue weighted by atomic mass is 9.84. The van der Waals surface area contributed by atoms with Gasteiger partial charge in [-0.3, -0.25) is 0 Å². The van der Waals surface area contributed by atoms with Gasteiger partial charge >= 0.3 is 6.18 Å². The van der Waals surface area contributed by atoms with Gasteiger partial charge in [-0.05, 0) is 38.1 Å². The molecule has 0 aromatic heterocycles. The maximum Gasteiger partial charge on any atom is 0.416 e. The molecule has 1 aromatic carbocycles. The number of piperidine rings is 1. The molecule has 100 valence electrons. The minimum absolute atomic E-state index is 0.164. The monoisotopic (exact) mass is 261 g/mol. The highest BCUT2D eigenvalue weighted by Crippen LogP contribution is 2.39. The zero-order chi connectivity index (χ0) is 13.4. The van der Waals surface area contributed by atoms with Gasteiger partial charge in [0, 0.05) is 5.56 Å². The molecule has 1 saturated heterocycles. The first-order chi connectivity index (χ1) is 8.33. The van der Waals surface area contributed by atoms with Gasteiger partial charge in [0.25, 0.3) is 0 Å². The van der Waals surface area contributed by atoms with Crippen molar-refractivity contribution in [2.45, 2.75) is 24.6 Å². The quantitative estimate of drug-likeness (QED) is 0.724. The largest absolute Gasteiger partial charge is 0.508 e. The van der Waals surface area contributed by atoms with Crippen LogP contribution >= 0.6 is 0 Å². The highest BCUT2D eigenvalue weighted by atomic mass is 19.4. The molecule has 1 fully saturated rings. The van der Waals surface area contributed by atoms with E-state index >= 15 is 0 Å². The van der Waals surface area contributed by atoms with Crippen LogP contribution in [0.2, 0.25) is 0 Å². The summed E-state index contributed by atoms with van der Waals surface area (Å²) in [6.07, 6.45) is -3.76. The van der Waals surface area contributed by atoms with Gasteiger partial charge in [0.15, 0.2) is 0 Å². The van der Waals surface area contributed by atoms with E-state index < -0.39 is 23.1 Å². The third-order valence-corrected chi connectivity index (χ3v) is 3.26. The fraction of sp³-hybridized carbons (Fsp3) is 0.500. The Balaban J connectivity index is 2.35. The van der Waals surface area contributed by atoms with E-state index in [1.165, 1.54) is 0 Å². The van der Waals surface area contributed by atoms with Crippen LogP contribution in [0.25, 0.3) is 0 Å². The zero-order valence-corrected chi connectivity index (χ0v) is 9.59. The topological polar surface area (TPSA) is 52.5 Å². The average Bonchev–Trinajstić information content (AvgIpc) is 2.28. The Labute approximate surface area is 102 Å². The van der Waals surface area contributed by atoms with Gasteiger partial charge in [-0.15, -0.1) is 0 Å². The van der Waals surface area contributed by atoms with Crippen molar-refractivity contribution in [1.82, 2.24) is 5.32 Å². The molecule has 0 bridgehead atoms. The van der Waals surface area contributed by atoms with Crippen LogP contribution in [0.5, 0.6) is 5.75 Å². The highest BCUT2D eigenvalue weighted by molar-refractivity contribution is 5.41. The predicted molar refractivity (Wildman–Crippen MR) is 59.1 cm³/mol. The normalized spacial score (nSPS) is 19.8. The molecule has 2 rings (SSSR count). The number of aromatic hydroxyl groups is 1. The smallest absolute Gasteiger partial charge is 0.416 e. The summed E-state index contributed by atoms with van der Waals surface area (Å²) >= 11 is 0. The summed E-state index contributed by atoms with van der Waals surface area (Å²) in [7, 11) is 0. The van der Waals surface area contributed by atoms with E-state index in [4.69, 9.17) is 0 Å². The van der Waals surface area contributed by atoms with Crippen molar-refractivity contribution in [3.63, 3.8) is 0 Å². The van der Waals surface area contributed by atoms with E-state index in [1.807, 2.05) is 0 Å². The van der Waals surface area contributed by atoms with Gasteiger partial charge in [0.2, 0.25) is 0 Å². The van der Waals surface area contributed by atoms with Gasteiger partial charge in [0.05, 0.1) is 11.2 Å². The minimum atomic E-state index is -4.49. The number of hydrogen-bond acceptors (Lipinski definition) is 3. The molecule has 3 nitrogen and oxygen atoms in total. The summed E-state index contributed by atoms with van der Waals surface area (Å²) in [5, 5.41) is 23.1. The van der Waals surface area contributed by atoms with E-state index in [-0.39, 0.29) is 5.56 Å². The Bertz CT molecular complexity index is 439. The summed E-state index contributed by atoms with van der Waals surface area (Å²) < 4.78 is 37.4. The van der Waals surface area contributed by atoms with Crippen LogP contribution in [-0.4, -0.2) is 23.3 Å². The molecule has 0 spiro atoms. The van der Waals surface area contributed by atoms with Crippen LogP contribution in [0.3, 0.4) is 0 Å². The molecule has 0 unspecified atom stereocenters. The van der Waals surface area contributed by atoms with E-state index in [0.717, 1.165) is 12.1 Å². The van der Waals surface area contributed by atoms with Crippen LogP contribution in [-0.2, 0) is 11.8 Å². The maximum absolute atomic E-state index is 12.5. The fourth-order valence-corrected chi connectivity index (χ4v) is 2.21. The van der Waals surface area contributed by atoms with Crippen molar-refractivity contribution in [3.8, 4) is 5.75 Å². The summed E-state index contributed by atoms with van der Waals surface area (Å²) in [5.74, 6) is -0.505. The van der Waals surface area contributed by atoms with E-state index in [0.29, 0.717) is 32.0 Å². The molecule has 1 aromatic rings. The van der Waals surface area contributed by atoms with Gasteiger partial charge in [-0.2, -0.15) is 13.2 Å². The van der Waals surface area contributed by atoms with Crippen molar-refractivity contribution >= 4 is 0 Å². The number of halogens is 3. The van der Waals surface area contributed by atoms with Crippen molar-refractivity contribution < 1.29 is 23.4 Å². The second-order valence-corrected chi connectivity index (χ2v) is 4.51. The first-order valence-electron chi connectivity index (χ1n) is 5.67. The van der Waals surface area contributed by atoms with Crippen LogP contribution in [0.15, 0.2) is 18.2 Å². The molecule has 0 aliphatic carbocycles. The summed E-state index contributed by atoms with van der Waals surface area (Å²) in [6.45, 7) is 1.13. The number of benzene rings is 1. The third-order valence-electron chi connectivity index (χ3n) is 3.26. The first-order valence-corrected chi connectivity index (χ1v) is 5.67. The third kappa shape index (κ3) is 2.44. The molecular formula is C12H14F3NO2. The number of phenols is 1. The lowest BCUT2D eigenvalue weighted by Crippen LogP contribution is -2.39. The standard InChI is InChI=1S/C12H14F3NO2/c13-12(14,15)8-1-2-9(10(17)7-8)11(18)3-5-16-6-4-11/h1-2,7,16-18H,3-6H2. The van der Waals surface area contributed by atoms with Crippen molar-refractivity contribution in [3.05, 3.63) is 29.3 Å². The summed E-state index contributed by atoms with van der Waals surface area (Å²) in [6, 6.07) is 2.70. The molecule has 3 N–H and O–H groups in total. The first kappa shape index (κ1) is 13.2. The summed E-state index contributed by atoms with van der Waals surface area (Å²) in [5.41, 5.74) is -2.00. The highest BCUT2D eigenvalue weighted by Gasteiger charge is 2.36. The molecule has 18 heavy (non-hydrogen) atoms. The van der Waals surface area contributed by atoms with E-state index in [9.17, 15) is 23.4 Å².